The van der Waals surface area contributed by atoms with Gasteiger partial charge in [-0.05, 0) is 44.2 Å². The third-order valence-electron chi connectivity index (χ3n) is 3.20. The molecule has 2 rings (SSSR count). The lowest BCUT2D eigenvalue weighted by molar-refractivity contribution is 0.0923. The van der Waals surface area contributed by atoms with E-state index >= 15 is 0 Å². The smallest absolute Gasteiger partial charge is 0.253 e. The van der Waals surface area contributed by atoms with Crippen molar-refractivity contribution in [1.29, 1.82) is 0 Å². The van der Waals surface area contributed by atoms with Gasteiger partial charge in [0.05, 0.1) is 5.56 Å². The number of nitrogens with zero attached hydrogens (tertiary/aromatic N) is 1. The highest BCUT2D eigenvalue weighted by atomic mass is 16.3. The molecule has 1 aromatic rings. The van der Waals surface area contributed by atoms with Crippen molar-refractivity contribution >= 4 is 5.91 Å². The van der Waals surface area contributed by atoms with Crippen LogP contribution in [0.3, 0.4) is 0 Å². The Kier molecular flexibility index (Phi) is 3.74. The molecule has 1 aliphatic rings. The Morgan fingerprint density at radius 2 is 2.41 bits per heavy atom. The van der Waals surface area contributed by atoms with Gasteiger partial charge in [0.25, 0.3) is 5.91 Å². The zero-order chi connectivity index (χ0) is 12.3. The molecular weight excluding hydrogens is 216 g/mol. The fourth-order valence-corrected chi connectivity index (χ4v) is 2.03. The summed E-state index contributed by atoms with van der Waals surface area (Å²) in [6.45, 7) is 1.94. The van der Waals surface area contributed by atoms with Gasteiger partial charge in [0.2, 0.25) is 0 Å². The summed E-state index contributed by atoms with van der Waals surface area (Å²) in [5.74, 6) is 0.462. The van der Waals surface area contributed by atoms with E-state index in [0.717, 1.165) is 18.5 Å². The number of nitrogens with one attached hydrogen (secondary N) is 1. The van der Waals surface area contributed by atoms with Crippen molar-refractivity contribution in [1.82, 2.24) is 10.3 Å². The predicted molar refractivity (Wildman–Crippen MR) is 64.7 cm³/mol. The van der Waals surface area contributed by atoms with Gasteiger partial charge < -0.3 is 10.4 Å². The lowest BCUT2D eigenvalue weighted by atomic mass is 10.1. The van der Waals surface area contributed by atoms with Gasteiger partial charge in [-0.3, -0.25) is 9.78 Å². The normalized spacial score (nSPS) is 16.6. The third-order valence-corrected chi connectivity index (χ3v) is 3.20. The zero-order valence-corrected chi connectivity index (χ0v) is 10.0. The molecule has 4 nitrogen and oxygen atoms in total. The van der Waals surface area contributed by atoms with Crippen LogP contribution in [-0.2, 0) is 0 Å². The fourth-order valence-electron chi connectivity index (χ4n) is 2.03. The molecule has 1 unspecified atom stereocenters. The van der Waals surface area contributed by atoms with Crippen LogP contribution in [0.2, 0.25) is 0 Å². The molecule has 0 bridgehead atoms. The van der Waals surface area contributed by atoms with E-state index in [9.17, 15) is 4.79 Å². The Balaban J connectivity index is 2.02. The summed E-state index contributed by atoms with van der Waals surface area (Å²) in [4.78, 5) is 16.2. The van der Waals surface area contributed by atoms with Crippen LogP contribution in [0.5, 0.6) is 0 Å². The van der Waals surface area contributed by atoms with Gasteiger partial charge >= 0.3 is 0 Å². The summed E-state index contributed by atoms with van der Waals surface area (Å²) in [5, 5.41) is 12.0. The van der Waals surface area contributed by atoms with Gasteiger partial charge in [0.15, 0.2) is 0 Å². The van der Waals surface area contributed by atoms with Crippen LogP contribution in [0.25, 0.3) is 0 Å². The van der Waals surface area contributed by atoms with Crippen LogP contribution in [0, 0.1) is 12.8 Å². The summed E-state index contributed by atoms with van der Waals surface area (Å²) in [6.07, 6.45) is 4.61. The quantitative estimate of drug-likeness (QED) is 0.806. The maximum Gasteiger partial charge on any atom is 0.253 e. The molecule has 1 fully saturated rings. The minimum Gasteiger partial charge on any atom is -0.396 e. The largest absolute Gasteiger partial charge is 0.396 e. The van der Waals surface area contributed by atoms with E-state index in [4.69, 9.17) is 5.11 Å². The Morgan fingerprint density at radius 1 is 1.65 bits per heavy atom. The van der Waals surface area contributed by atoms with Crippen molar-refractivity contribution < 1.29 is 9.90 Å². The lowest BCUT2D eigenvalue weighted by Gasteiger charge is -2.17. The molecule has 1 aliphatic carbocycles. The van der Waals surface area contributed by atoms with E-state index in [0.29, 0.717) is 17.9 Å². The summed E-state index contributed by atoms with van der Waals surface area (Å²) in [5.41, 5.74) is 1.36. The van der Waals surface area contributed by atoms with Crippen molar-refractivity contribution in [2.45, 2.75) is 32.2 Å². The monoisotopic (exact) mass is 234 g/mol. The van der Waals surface area contributed by atoms with Crippen molar-refractivity contribution in [3.63, 3.8) is 0 Å². The molecule has 0 spiro atoms. The topological polar surface area (TPSA) is 62.2 Å². The van der Waals surface area contributed by atoms with Crippen molar-refractivity contribution in [2.24, 2.45) is 5.92 Å². The predicted octanol–water partition coefficient (Wildman–Crippen LogP) is 1.28. The van der Waals surface area contributed by atoms with Crippen LogP contribution in [0.15, 0.2) is 18.3 Å². The summed E-state index contributed by atoms with van der Waals surface area (Å²) in [7, 11) is 0. The molecule has 4 heteroatoms. The summed E-state index contributed by atoms with van der Waals surface area (Å²) < 4.78 is 0. The summed E-state index contributed by atoms with van der Waals surface area (Å²) >= 11 is 0. The van der Waals surface area contributed by atoms with E-state index in [-0.39, 0.29) is 18.6 Å². The van der Waals surface area contributed by atoms with E-state index in [1.807, 2.05) is 6.92 Å². The molecule has 1 heterocycles. The van der Waals surface area contributed by atoms with Crippen molar-refractivity contribution in [2.75, 3.05) is 6.61 Å². The average molecular weight is 234 g/mol. The number of carbonyl (C=O) groups is 1. The average Bonchev–Trinajstić information content (AvgIpc) is 3.12. The first-order chi connectivity index (χ1) is 8.22. The first-order valence-corrected chi connectivity index (χ1v) is 6.05. The number of pyridine rings is 1. The summed E-state index contributed by atoms with van der Waals surface area (Å²) in [6, 6.07) is 3.65. The minimum atomic E-state index is -0.0825. The van der Waals surface area contributed by atoms with Crippen LogP contribution >= 0.6 is 0 Å². The van der Waals surface area contributed by atoms with Gasteiger partial charge in [-0.1, -0.05) is 0 Å². The number of rotatable bonds is 5. The number of carbonyl (C=O) groups excluding carboxylic acids is 1. The Labute approximate surface area is 101 Å². The number of hydrogen-bond donors (Lipinski definition) is 2. The van der Waals surface area contributed by atoms with Crippen LogP contribution in [0.4, 0.5) is 0 Å². The van der Waals surface area contributed by atoms with Gasteiger partial charge in [-0.25, -0.2) is 0 Å². The van der Waals surface area contributed by atoms with Gasteiger partial charge in [-0.2, -0.15) is 0 Å². The SMILES string of the molecule is Cc1ncccc1C(=O)NC(CCO)C1CC1. The Hall–Kier alpha value is -1.42. The molecule has 1 aromatic heterocycles. The molecule has 0 aliphatic heterocycles. The molecule has 17 heavy (non-hydrogen) atoms. The van der Waals surface area contributed by atoms with Crippen LogP contribution < -0.4 is 5.32 Å². The second-order valence-corrected chi connectivity index (χ2v) is 4.57. The molecule has 1 atom stereocenters. The lowest BCUT2D eigenvalue weighted by Crippen LogP contribution is -2.37. The fraction of sp³-hybridized carbons (Fsp3) is 0.538. The molecule has 0 saturated heterocycles. The third kappa shape index (κ3) is 3.03. The molecule has 0 aromatic carbocycles. The van der Waals surface area contributed by atoms with Gasteiger partial charge in [-0.15, -0.1) is 0 Å². The standard InChI is InChI=1S/C13H18N2O2/c1-9-11(3-2-7-14-9)13(17)15-12(6-8-16)10-4-5-10/h2-3,7,10,12,16H,4-6,8H2,1H3,(H,15,17). The number of aliphatic hydroxyl groups excluding tert-OH is 1. The minimum absolute atomic E-state index is 0.0825. The molecule has 0 radical (unpaired) electrons. The number of amides is 1. The Morgan fingerprint density at radius 3 is 3.00 bits per heavy atom. The molecular formula is C13H18N2O2. The number of hydrogen-bond acceptors (Lipinski definition) is 3. The highest BCUT2D eigenvalue weighted by molar-refractivity contribution is 5.95. The second-order valence-electron chi connectivity index (χ2n) is 4.57. The molecule has 1 amide bonds. The van der Waals surface area contributed by atoms with Crippen LogP contribution in [-0.4, -0.2) is 28.6 Å². The van der Waals surface area contributed by atoms with Crippen LogP contribution in [0.1, 0.15) is 35.3 Å². The molecule has 92 valence electrons. The molecule has 2 N–H and O–H groups in total. The zero-order valence-electron chi connectivity index (χ0n) is 10.0. The van der Waals surface area contributed by atoms with E-state index in [1.165, 1.54) is 0 Å². The maximum absolute atomic E-state index is 12.1. The second kappa shape index (κ2) is 5.27. The maximum atomic E-state index is 12.1. The first-order valence-electron chi connectivity index (χ1n) is 6.05. The number of aryl methyl sites for hydroxylation is 1. The van der Waals surface area contributed by atoms with Crippen molar-refractivity contribution in [3.05, 3.63) is 29.6 Å². The number of aliphatic hydroxyl groups is 1. The Bertz CT molecular complexity index is 402. The first kappa shape index (κ1) is 12.0. The van der Waals surface area contributed by atoms with E-state index < -0.39 is 0 Å². The van der Waals surface area contributed by atoms with Crippen molar-refractivity contribution in [3.8, 4) is 0 Å². The number of aromatic nitrogens is 1. The van der Waals surface area contributed by atoms with Gasteiger partial charge in [0, 0.05) is 24.5 Å². The van der Waals surface area contributed by atoms with Gasteiger partial charge in [0.1, 0.15) is 0 Å². The van der Waals surface area contributed by atoms with E-state index in [1.54, 1.807) is 18.3 Å². The highest BCUT2D eigenvalue weighted by Gasteiger charge is 2.32. The van der Waals surface area contributed by atoms with E-state index in [2.05, 4.69) is 10.3 Å². The highest BCUT2D eigenvalue weighted by Crippen LogP contribution is 2.34. The molecule has 1 saturated carbocycles.